The van der Waals surface area contributed by atoms with Crippen LogP contribution in [0.1, 0.15) is 23.6 Å². The monoisotopic (exact) mass is 390 g/mol. The number of sulfonamides is 1. The molecule has 0 aliphatic carbocycles. The molecule has 1 atom stereocenters. The third-order valence-electron chi connectivity index (χ3n) is 4.43. The fourth-order valence-electron chi connectivity index (χ4n) is 2.86. The third kappa shape index (κ3) is 5.89. The number of carbonyl (C=O) groups is 1. The first kappa shape index (κ1) is 21.1. The van der Waals surface area contributed by atoms with Gasteiger partial charge in [-0.05, 0) is 43.7 Å². The van der Waals surface area contributed by atoms with E-state index in [1.165, 1.54) is 24.2 Å². The van der Waals surface area contributed by atoms with E-state index in [1.54, 1.807) is 19.1 Å². The Hall–Kier alpha value is -2.22. The van der Waals surface area contributed by atoms with E-state index in [2.05, 4.69) is 41.2 Å². The summed E-state index contributed by atoms with van der Waals surface area (Å²) in [6.07, 6.45) is 1.01. The van der Waals surface area contributed by atoms with Crippen molar-refractivity contribution in [2.75, 3.05) is 26.0 Å². The average molecular weight is 391 g/mol. The number of amides is 1. The van der Waals surface area contributed by atoms with Gasteiger partial charge in [0, 0.05) is 11.3 Å². The average Bonchev–Trinajstić information content (AvgIpc) is 2.63. The summed E-state index contributed by atoms with van der Waals surface area (Å²) in [5, 5.41) is 2.79. The van der Waals surface area contributed by atoms with Crippen LogP contribution in [0.5, 0.6) is 0 Å². The number of nitrogens with one attached hydrogen (secondary N) is 3. The van der Waals surface area contributed by atoms with Crippen molar-refractivity contribution in [3.63, 3.8) is 0 Å². The van der Waals surface area contributed by atoms with Gasteiger partial charge in [0.25, 0.3) is 5.91 Å². The van der Waals surface area contributed by atoms with Crippen molar-refractivity contribution in [3.8, 4) is 0 Å². The minimum absolute atomic E-state index is 0.158. The fourth-order valence-corrected chi connectivity index (χ4v) is 3.85. The molecule has 1 unspecified atom stereocenters. The summed E-state index contributed by atoms with van der Waals surface area (Å²) in [4.78, 5) is 13.5. The summed E-state index contributed by atoms with van der Waals surface area (Å²) in [6, 6.07) is 13.3. The van der Waals surface area contributed by atoms with Gasteiger partial charge < -0.3 is 10.2 Å². The number of anilines is 1. The molecular formula is C20H28N3O3S+. The number of hydrogen-bond acceptors (Lipinski definition) is 3. The summed E-state index contributed by atoms with van der Waals surface area (Å²) in [5.41, 5.74) is 3.57. The number of quaternary nitrogens is 1. The normalized spacial score (nSPS) is 12.6. The highest BCUT2D eigenvalue weighted by atomic mass is 32.2. The first-order valence-corrected chi connectivity index (χ1v) is 10.5. The van der Waals surface area contributed by atoms with Gasteiger partial charge in [-0.1, -0.05) is 37.3 Å². The summed E-state index contributed by atoms with van der Waals surface area (Å²) in [5.74, 6) is -0.158. The number of rotatable bonds is 8. The van der Waals surface area contributed by atoms with E-state index < -0.39 is 10.0 Å². The maximum atomic E-state index is 12.3. The van der Waals surface area contributed by atoms with Gasteiger partial charge in [0.2, 0.25) is 10.0 Å². The summed E-state index contributed by atoms with van der Waals surface area (Å²) >= 11 is 0. The van der Waals surface area contributed by atoms with Gasteiger partial charge in [-0.15, -0.1) is 0 Å². The van der Waals surface area contributed by atoms with E-state index >= 15 is 0 Å². The smallest absolute Gasteiger partial charge is 0.279 e. The molecule has 0 fully saturated rings. The molecule has 0 saturated carbocycles. The van der Waals surface area contributed by atoms with Crippen molar-refractivity contribution in [2.45, 2.75) is 31.7 Å². The molecule has 6 nitrogen and oxygen atoms in total. The Labute approximate surface area is 161 Å². The molecule has 146 valence electrons. The van der Waals surface area contributed by atoms with Crippen LogP contribution in [0.3, 0.4) is 0 Å². The number of aryl methyl sites for hydroxylation is 2. The SMILES string of the molecule is CCc1ccc(C[NH+](C)CC(=O)Nc2ccc(C)c(S(=O)(=O)NC)c2)cc1. The van der Waals surface area contributed by atoms with Crippen LogP contribution < -0.4 is 14.9 Å². The van der Waals surface area contributed by atoms with Gasteiger partial charge >= 0.3 is 0 Å². The van der Waals surface area contributed by atoms with Gasteiger partial charge in [0.05, 0.1) is 11.9 Å². The van der Waals surface area contributed by atoms with Crippen LogP contribution in [0, 0.1) is 6.92 Å². The molecule has 3 N–H and O–H groups in total. The quantitative estimate of drug-likeness (QED) is 0.632. The number of hydrogen-bond donors (Lipinski definition) is 3. The van der Waals surface area contributed by atoms with Crippen molar-refractivity contribution in [1.29, 1.82) is 0 Å². The Kier molecular flexibility index (Phi) is 7.12. The van der Waals surface area contributed by atoms with Crippen molar-refractivity contribution in [3.05, 3.63) is 59.2 Å². The van der Waals surface area contributed by atoms with Gasteiger partial charge in [0.1, 0.15) is 6.54 Å². The first-order chi connectivity index (χ1) is 12.7. The van der Waals surface area contributed by atoms with Gasteiger partial charge in [-0.3, -0.25) is 4.79 Å². The highest BCUT2D eigenvalue weighted by Gasteiger charge is 2.17. The highest BCUT2D eigenvalue weighted by Crippen LogP contribution is 2.19. The van der Waals surface area contributed by atoms with E-state index in [-0.39, 0.29) is 17.3 Å². The lowest BCUT2D eigenvalue weighted by Crippen LogP contribution is -3.08. The standard InChI is InChI=1S/C20H27N3O3S/c1-5-16-7-9-17(10-8-16)13-23(4)14-20(24)22-18-11-6-15(2)19(12-18)27(25,26)21-3/h6-12,21H,5,13-14H2,1-4H3,(H,22,24)/p+1. The first-order valence-electron chi connectivity index (χ1n) is 8.98. The molecule has 0 spiro atoms. The van der Waals surface area contributed by atoms with Crippen LogP contribution >= 0.6 is 0 Å². The van der Waals surface area contributed by atoms with E-state index in [0.717, 1.165) is 17.9 Å². The topological polar surface area (TPSA) is 79.7 Å². The van der Waals surface area contributed by atoms with Crippen molar-refractivity contribution in [1.82, 2.24) is 4.72 Å². The molecule has 2 rings (SSSR count). The zero-order valence-corrected chi connectivity index (χ0v) is 17.1. The van der Waals surface area contributed by atoms with E-state index in [9.17, 15) is 13.2 Å². The van der Waals surface area contributed by atoms with E-state index in [1.807, 2.05) is 7.05 Å². The molecule has 0 aromatic heterocycles. The third-order valence-corrected chi connectivity index (χ3v) is 5.99. The molecule has 0 bridgehead atoms. The van der Waals surface area contributed by atoms with Crippen LogP contribution in [0.15, 0.2) is 47.4 Å². The Morgan fingerprint density at radius 3 is 2.30 bits per heavy atom. The van der Waals surface area contributed by atoms with Crippen LogP contribution in [-0.4, -0.2) is 35.0 Å². The van der Waals surface area contributed by atoms with Crippen LogP contribution in [0.2, 0.25) is 0 Å². The summed E-state index contributed by atoms with van der Waals surface area (Å²) in [6.45, 7) is 4.87. The minimum atomic E-state index is -3.56. The second-order valence-corrected chi connectivity index (χ2v) is 8.57. The second kappa shape index (κ2) is 9.12. The molecular weight excluding hydrogens is 362 g/mol. The van der Waals surface area contributed by atoms with E-state index in [0.29, 0.717) is 11.3 Å². The molecule has 0 radical (unpaired) electrons. The number of likely N-dealkylation sites (N-methyl/N-ethyl adjacent to an activating group) is 1. The lowest BCUT2D eigenvalue weighted by atomic mass is 10.1. The van der Waals surface area contributed by atoms with Gasteiger partial charge in [-0.2, -0.15) is 0 Å². The van der Waals surface area contributed by atoms with Crippen molar-refractivity contribution >= 4 is 21.6 Å². The summed E-state index contributed by atoms with van der Waals surface area (Å²) in [7, 11) is -0.239. The molecule has 0 aliphatic rings. The molecule has 0 aliphatic heterocycles. The van der Waals surface area contributed by atoms with Gasteiger partial charge in [-0.25, -0.2) is 13.1 Å². The predicted molar refractivity (Wildman–Crippen MR) is 107 cm³/mol. The van der Waals surface area contributed by atoms with Gasteiger partial charge in [0.15, 0.2) is 6.54 Å². The predicted octanol–water partition coefficient (Wildman–Crippen LogP) is 1.12. The minimum Gasteiger partial charge on any atom is -0.326 e. The lowest BCUT2D eigenvalue weighted by Gasteiger charge is -2.15. The Balaban J connectivity index is 1.99. The maximum Gasteiger partial charge on any atom is 0.279 e. The van der Waals surface area contributed by atoms with Crippen molar-refractivity contribution in [2.24, 2.45) is 0 Å². The molecule has 2 aromatic rings. The molecule has 1 amide bonds. The molecule has 0 saturated heterocycles. The fraction of sp³-hybridized carbons (Fsp3) is 0.350. The molecule has 27 heavy (non-hydrogen) atoms. The van der Waals surface area contributed by atoms with Crippen LogP contribution in [0.4, 0.5) is 5.69 Å². The maximum absolute atomic E-state index is 12.3. The number of benzene rings is 2. The van der Waals surface area contributed by atoms with Crippen LogP contribution in [-0.2, 0) is 27.8 Å². The Morgan fingerprint density at radius 2 is 1.70 bits per heavy atom. The Morgan fingerprint density at radius 1 is 1.07 bits per heavy atom. The summed E-state index contributed by atoms with van der Waals surface area (Å²) < 4.78 is 26.4. The number of carbonyl (C=O) groups excluding carboxylic acids is 1. The second-order valence-electron chi connectivity index (χ2n) is 6.72. The Bertz CT molecular complexity index is 893. The molecule has 7 heteroatoms. The van der Waals surface area contributed by atoms with Crippen LogP contribution in [0.25, 0.3) is 0 Å². The van der Waals surface area contributed by atoms with E-state index in [4.69, 9.17) is 0 Å². The largest absolute Gasteiger partial charge is 0.326 e. The lowest BCUT2D eigenvalue weighted by molar-refractivity contribution is -0.885. The zero-order valence-electron chi connectivity index (χ0n) is 16.3. The zero-order chi connectivity index (χ0) is 20.0. The van der Waals surface area contributed by atoms with Crippen molar-refractivity contribution < 1.29 is 18.1 Å². The molecule has 0 heterocycles. The molecule has 2 aromatic carbocycles. The highest BCUT2D eigenvalue weighted by molar-refractivity contribution is 7.89.